The van der Waals surface area contributed by atoms with E-state index in [9.17, 15) is 17.6 Å². The van der Waals surface area contributed by atoms with Gasteiger partial charge in [-0.05, 0) is 18.6 Å². The summed E-state index contributed by atoms with van der Waals surface area (Å²) in [5.74, 6) is -3.03. The van der Waals surface area contributed by atoms with E-state index in [2.05, 4.69) is 4.72 Å². The Labute approximate surface area is 120 Å². The smallest absolute Gasteiger partial charge is 0.338 e. The minimum Gasteiger partial charge on any atom is -0.478 e. The molecule has 1 aromatic carbocycles. The van der Waals surface area contributed by atoms with Gasteiger partial charge in [0, 0.05) is 11.1 Å². The number of rotatable bonds is 6. The average molecular weight is 326 g/mol. The molecule has 1 atom stereocenters. The molecule has 0 spiro atoms. The molecular weight excluding hydrogens is 313 g/mol. The number of aliphatic hydroxyl groups excluding tert-OH is 1. The highest BCUT2D eigenvalue weighted by atomic mass is 35.5. The number of nitrogens with one attached hydrogen (secondary N) is 1. The lowest BCUT2D eigenvalue weighted by molar-refractivity contribution is 0.0691. The second-order valence-corrected chi connectivity index (χ2v) is 6.10. The SMILES string of the molecule is CC[C@@H](CO)NS(=O)(=O)c1cc(Cl)cc(C(=O)O)c1F. The Bertz CT molecular complexity index is 615. The van der Waals surface area contributed by atoms with Crippen LogP contribution in [0.5, 0.6) is 0 Å². The van der Waals surface area contributed by atoms with Crippen LogP contribution < -0.4 is 4.72 Å². The third-order valence-corrected chi connectivity index (χ3v) is 4.30. The maximum atomic E-state index is 13.9. The van der Waals surface area contributed by atoms with Crippen molar-refractivity contribution in [3.05, 3.63) is 28.5 Å². The number of carboxylic acid groups (broad SMARTS) is 1. The van der Waals surface area contributed by atoms with Crippen molar-refractivity contribution < 1.29 is 27.8 Å². The number of sulfonamides is 1. The molecule has 0 aromatic heterocycles. The van der Waals surface area contributed by atoms with Crippen LogP contribution in [0.4, 0.5) is 4.39 Å². The van der Waals surface area contributed by atoms with E-state index >= 15 is 0 Å². The third-order valence-electron chi connectivity index (χ3n) is 2.56. The molecule has 1 rings (SSSR count). The molecule has 0 heterocycles. The molecule has 0 saturated heterocycles. The summed E-state index contributed by atoms with van der Waals surface area (Å²) in [6, 6.07) is 0.837. The first-order chi connectivity index (χ1) is 9.22. The Morgan fingerprint density at radius 2 is 2.10 bits per heavy atom. The van der Waals surface area contributed by atoms with E-state index in [4.69, 9.17) is 21.8 Å². The van der Waals surface area contributed by atoms with Crippen LogP contribution in [0.1, 0.15) is 23.7 Å². The standard InChI is InChI=1S/C11H13ClFNO5S/c1-2-7(5-15)14-20(18,19)9-4-6(12)3-8(10(9)13)11(16)17/h3-4,7,14-15H,2,5H2,1H3,(H,16,17)/t7-/m0/s1. The summed E-state index contributed by atoms with van der Waals surface area (Å²) in [5, 5.41) is 17.5. The van der Waals surface area contributed by atoms with Crippen LogP contribution in [-0.2, 0) is 10.0 Å². The summed E-state index contributed by atoms with van der Waals surface area (Å²) in [7, 11) is -4.33. The van der Waals surface area contributed by atoms with Gasteiger partial charge in [-0.25, -0.2) is 22.3 Å². The quantitative estimate of drug-likeness (QED) is 0.729. The zero-order chi connectivity index (χ0) is 15.5. The molecule has 0 amide bonds. The highest BCUT2D eigenvalue weighted by molar-refractivity contribution is 7.89. The van der Waals surface area contributed by atoms with Crippen LogP contribution in [0, 0.1) is 5.82 Å². The van der Waals surface area contributed by atoms with Crippen molar-refractivity contribution in [3.63, 3.8) is 0 Å². The summed E-state index contributed by atoms with van der Waals surface area (Å²) < 4.78 is 40.0. The number of aliphatic hydroxyl groups is 1. The number of benzene rings is 1. The molecule has 9 heteroatoms. The molecule has 0 radical (unpaired) electrons. The number of aromatic carboxylic acids is 1. The molecule has 0 aliphatic carbocycles. The van der Waals surface area contributed by atoms with Crippen molar-refractivity contribution >= 4 is 27.6 Å². The van der Waals surface area contributed by atoms with Crippen LogP contribution >= 0.6 is 11.6 Å². The zero-order valence-corrected chi connectivity index (χ0v) is 12.0. The van der Waals surface area contributed by atoms with Gasteiger partial charge >= 0.3 is 5.97 Å². The van der Waals surface area contributed by atoms with Crippen molar-refractivity contribution in [1.82, 2.24) is 4.72 Å². The number of hydrogen-bond donors (Lipinski definition) is 3. The molecule has 20 heavy (non-hydrogen) atoms. The Morgan fingerprint density at radius 1 is 1.50 bits per heavy atom. The Morgan fingerprint density at radius 3 is 2.55 bits per heavy atom. The van der Waals surface area contributed by atoms with Crippen molar-refractivity contribution in [3.8, 4) is 0 Å². The number of carboxylic acids is 1. The summed E-state index contributed by atoms with van der Waals surface area (Å²) in [4.78, 5) is 9.97. The van der Waals surface area contributed by atoms with Gasteiger partial charge in [0.25, 0.3) is 0 Å². The first-order valence-electron chi connectivity index (χ1n) is 5.58. The van der Waals surface area contributed by atoms with E-state index in [1.165, 1.54) is 0 Å². The Balaban J connectivity index is 3.35. The number of halogens is 2. The van der Waals surface area contributed by atoms with E-state index in [0.29, 0.717) is 0 Å². The van der Waals surface area contributed by atoms with E-state index < -0.39 is 44.9 Å². The van der Waals surface area contributed by atoms with Gasteiger partial charge in [0.15, 0.2) is 5.82 Å². The average Bonchev–Trinajstić information content (AvgIpc) is 2.37. The second kappa shape index (κ2) is 6.49. The Kier molecular flexibility index (Phi) is 5.46. The van der Waals surface area contributed by atoms with E-state index in [-0.39, 0.29) is 11.4 Å². The molecular formula is C11H13ClFNO5S. The maximum absolute atomic E-state index is 13.9. The van der Waals surface area contributed by atoms with Crippen molar-refractivity contribution in [1.29, 1.82) is 0 Å². The molecule has 0 bridgehead atoms. The summed E-state index contributed by atoms with van der Waals surface area (Å²) >= 11 is 5.60. The minimum atomic E-state index is -4.33. The van der Waals surface area contributed by atoms with Crippen LogP contribution in [0.3, 0.4) is 0 Å². The first kappa shape index (κ1) is 16.8. The monoisotopic (exact) mass is 325 g/mol. The van der Waals surface area contributed by atoms with Gasteiger partial charge in [-0.2, -0.15) is 0 Å². The highest BCUT2D eigenvalue weighted by Gasteiger charge is 2.26. The molecule has 3 N–H and O–H groups in total. The fourth-order valence-electron chi connectivity index (χ4n) is 1.45. The molecule has 0 fully saturated rings. The van der Waals surface area contributed by atoms with Crippen molar-refractivity contribution in [2.24, 2.45) is 0 Å². The molecule has 0 unspecified atom stereocenters. The van der Waals surface area contributed by atoms with Crippen LogP contribution in [-0.4, -0.2) is 37.2 Å². The van der Waals surface area contributed by atoms with Gasteiger partial charge in [-0.15, -0.1) is 0 Å². The van der Waals surface area contributed by atoms with E-state index in [1.54, 1.807) is 6.92 Å². The summed E-state index contributed by atoms with van der Waals surface area (Å²) in [5.41, 5.74) is -0.838. The predicted molar refractivity (Wildman–Crippen MR) is 69.9 cm³/mol. The maximum Gasteiger partial charge on any atom is 0.338 e. The number of hydrogen-bond acceptors (Lipinski definition) is 4. The minimum absolute atomic E-state index is 0.221. The molecule has 0 aliphatic rings. The summed E-state index contributed by atoms with van der Waals surface area (Å²) in [6.07, 6.45) is 0.281. The van der Waals surface area contributed by atoms with Gasteiger partial charge in [0.05, 0.1) is 12.2 Å². The zero-order valence-electron chi connectivity index (χ0n) is 10.4. The van der Waals surface area contributed by atoms with Crippen LogP contribution in [0.25, 0.3) is 0 Å². The molecule has 6 nitrogen and oxygen atoms in total. The topological polar surface area (TPSA) is 104 Å². The van der Waals surface area contributed by atoms with E-state index in [0.717, 1.165) is 12.1 Å². The largest absolute Gasteiger partial charge is 0.478 e. The van der Waals surface area contributed by atoms with Gasteiger partial charge < -0.3 is 10.2 Å². The Hall–Kier alpha value is -1.22. The third kappa shape index (κ3) is 3.66. The summed E-state index contributed by atoms with van der Waals surface area (Å²) in [6.45, 7) is 1.16. The van der Waals surface area contributed by atoms with Gasteiger partial charge in [-0.1, -0.05) is 18.5 Å². The fourth-order valence-corrected chi connectivity index (χ4v) is 3.17. The van der Waals surface area contributed by atoms with E-state index in [1.807, 2.05) is 0 Å². The number of carbonyl (C=O) groups is 1. The lowest BCUT2D eigenvalue weighted by Gasteiger charge is -2.15. The van der Waals surface area contributed by atoms with Crippen LogP contribution in [0.2, 0.25) is 5.02 Å². The van der Waals surface area contributed by atoms with Gasteiger partial charge in [0.1, 0.15) is 4.90 Å². The first-order valence-corrected chi connectivity index (χ1v) is 7.44. The second-order valence-electron chi connectivity index (χ2n) is 3.98. The predicted octanol–water partition coefficient (Wildman–Crippen LogP) is 1.23. The van der Waals surface area contributed by atoms with Gasteiger partial charge in [0.2, 0.25) is 10.0 Å². The molecule has 0 saturated carbocycles. The lowest BCUT2D eigenvalue weighted by Crippen LogP contribution is -2.37. The van der Waals surface area contributed by atoms with Gasteiger partial charge in [-0.3, -0.25) is 0 Å². The van der Waals surface area contributed by atoms with Crippen LogP contribution in [0.15, 0.2) is 17.0 Å². The normalized spacial score (nSPS) is 13.2. The van der Waals surface area contributed by atoms with Crippen molar-refractivity contribution in [2.45, 2.75) is 24.3 Å². The fraction of sp³-hybridized carbons (Fsp3) is 0.364. The molecule has 0 aliphatic heterocycles. The highest BCUT2D eigenvalue weighted by Crippen LogP contribution is 2.24. The molecule has 112 valence electrons. The lowest BCUT2D eigenvalue weighted by atomic mass is 10.2. The molecule has 1 aromatic rings. The van der Waals surface area contributed by atoms with Crippen molar-refractivity contribution in [2.75, 3.05) is 6.61 Å².